The standard InChI is InChI=1S/C15H29N3O3/c1-3-4-12(7-8-16)5-6-14(19)18-9-10-21-11-13(18)15(20)17-2/h12-13H,3-11,16H2,1-2H3,(H,17,20). The first-order valence-corrected chi connectivity index (χ1v) is 7.92. The van der Waals surface area contributed by atoms with Crippen LogP contribution in [0.5, 0.6) is 0 Å². The summed E-state index contributed by atoms with van der Waals surface area (Å²) in [5.74, 6) is 0.392. The number of likely N-dealkylation sites (N-methyl/N-ethyl adjacent to an activating group) is 1. The fourth-order valence-corrected chi connectivity index (χ4v) is 2.83. The minimum absolute atomic E-state index is 0.0463. The van der Waals surface area contributed by atoms with Crippen molar-refractivity contribution in [1.29, 1.82) is 0 Å². The third-order valence-electron chi connectivity index (χ3n) is 4.04. The molecule has 1 aliphatic heterocycles. The van der Waals surface area contributed by atoms with E-state index in [0.717, 1.165) is 25.7 Å². The fraction of sp³-hybridized carbons (Fsp3) is 0.867. The molecule has 1 saturated heterocycles. The SMILES string of the molecule is CCCC(CCN)CCC(=O)N1CCOCC1C(=O)NC. The second-order valence-corrected chi connectivity index (χ2v) is 5.56. The van der Waals surface area contributed by atoms with Crippen LogP contribution in [0.1, 0.15) is 39.0 Å². The topological polar surface area (TPSA) is 84.7 Å². The molecule has 122 valence electrons. The molecule has 6 nitrogen and oxygen atoms in total. The summed E-state index contributed by atoms with van der Waals surface area (Å²) in [6.45, 7) is 4.09. The van der Waals surface area contributed by atoms with Crippen molar-refractivity contribution in [2.24, 2.45) is 11.7 Å². The van der Waals surface area contributed by atoms with Crippen LogP contribution in [0.25, 0.3) is 0 Å². The number of hydrogen-bond donors (Lipinski definition) is 2. The molecule has 0 aromatic carbocycles. The molecular formula is C15H29N3O3. The van der Waals surface area contributed by atoms with Crippen molar-refractivity contribution in [2.45, 2.75) is 45.1 Å². The second kappa shape index (κ2) is 9.73. The molecule has 1 aliphatic rings. The Morgan fingerprint density at radius 1 is 1.38 bits per heavy atom. The van der Waals surface area contributed by atoms with Crippen LogP contribution in [-0.2, 0) is 14.3 Å². The molecule has 2 unspecified atom stereocenters. The monoisotopic (exact) mass is 299 g/mol. The van der Waals surface area contributed by atoms with E-state index in [9.17, 15) is 9.59 Å². The van der Waals surface area contributed by atoms with E-state index < -0.39 is 6.04 Å². The van der Waals surface area contributed by atoms with E-state index in [4.69, 9.17) is 10.5 Å². The first kappa shape index (κ1) is 17.9. The van der Waals surface area contributed by atoms with Crippen LogP contribution >= 0.6 is 0 Å². The number of ether oxygens (including phenoxy) is 1. The lowest BCUT2D eigenvalue weighted by atomic mass is 9.94. The zero-order valence-corrected chi connectivity index (χ0v) is 13.3. The van der Waals surface area contributed by atoms with Gasteiger partial charge in [0.2, 0.25) is 11.8 Å². The number of carbonyl (C=O) groups excluding carboxylic acids is 2. The van der Waals surface area contributed by atoms with E-state index in [2.05, 4.69) is 12.2 Å². The Hall–Kier alpha value is -1.14. The number of rotatable bonds is 8. The Morgan fingerprint density at radius 3 is 2.76 bits per heavy atom. The minimum Gasteiger partial charge on any atom is -0.377 e. The van der Waals surface area contributed by atoms with E-state index in [-0.39, 0.29) is 18.4 Å². The average molecular weight is 299 g/mol. The highest BCUT2D eigenvalue weighted by atomic mass is 16.5. The summed E-state index contributed by atoms with van der Waals surface area (Å²) in [7, 11) is 1.58. The lowest BCUT2D eigenvalue weighted by Gasteiger charge is -2.34. The molecule has 6 heteroatoms. The average Bonchev–Trinajstić information content (AvgIpc) is 2.52. The molecule has 0 saturated carbocycles. The Kier molecular flexibility index (Phi) is 8.30. The van der Waals surface area contributed by atoms with Crippen molar-refractivity contribution < 1.29 is 14.3 Å². The number of hydrogen-bond acceptors (Lipinski definition) is 4. The van der Waals surface area contributed by atoms with Crippen molar-refractivity contribution in [2.75, 3.05) is 33.4 Å². The van der Waals surface area contributed by atoms with Crippen LogP contribution in [0, 0.1) is 5.92 Å². The summed E-state index contributed by atoms with van der Waals surface area (Å²) in [5.41, 5.74) is 5.62. The number of carbonyl (C=O) groups is 2. The highest BCUT2D eigenvalue weighted by Gasteiger charge is 2.32. The van der Waals surface area contributed by atoms with E-state index in [0.29, 0.717) is 32.0 Å². The van der Waals surface area contributed by atoms with Gasteiger partial charge in [-0.15, -0.1) is 0 Å². The van der Waals surface area contributed by atoms with Crippen LogP contribution in [0.4, 0.5) is 0 Å². The predicted octanol–water partition coefficient (Wildman–Crippen LogP) is 0.505. The molecule has 2 amide bonds. The maximum Gasteiger partial charge on any atom is 0.244 e. The number of nitrogens with zero attached hydrogens (tertiary/aromatic N) is 1. The van der Waals surface area contributed by atoms with Gasteiger partial charge >= 0.3 is 0 Å². The van der Waals surface area contributed by atoms with Gasteiger partial charge in [-0.05, 0) is 25.3 Å². The molecule has 0 radical (unpaired) electrons. The highest BCUT2D eigenvalue weighted by molar-refractivity contribution is 5.87. The summed E-state index contributed by atoms with van der Waals surface area (Å²) < 4.78 is 5.32. The zero-order chi connectivity index (χ0) is 15.7. The van der Waals surface area contributed by atoms with E-state index in [1.54, 1.807) is 11.9 Å². The number of nitrogens with one attached hydrogen (secondary N) is 1. The van der Waals surface area contributed by atoms with Gasteiger partial charge in [-0.1, -0.05) is 19.8 Å². The smallest absolute Gasteiger partial charge is 0.244 e. The molecule has 2 atom stereocenters. The first-order chi connectivity index (χ1) is 10.1. The maximum absolute atomic E-state index is 12.4. The highest BCUT2D eigenvalue weighted by Crippen LogP contribution is 2.19. The summed E-state index contributed by atoms with van der Waals surface area (Å²) in [4.78, 5) is 25.9. The number of nitrogens with two attached hydrogens (primary N) is 1. The molecule has 1 heterocycles. The van der Waals surface area contributed by atoms with Gasteiger partial charge in [-0.25, -0.2) is 0 Å². The second-order valence-electron chi connectivity index (χ2n) is 5.56. The van der Waals surface area contributed by atoms with Gasteiger partial charge in [-0.2, -0.15) is 0 Å². The molecular weight excluding hydrogens is 270 g/mol. The van der Waals surface area contributed by atoms with Gasteiger partial charge in [0.1, 0.15) is 6.04 Å². The first-order valence-electron chi connectivity index (χ1n) is 7.92. The van der Waals surface area contributed by atoms with Crippen molar-refractivity contribution in [1.82, 2.24) is 10.2 Å². The molecule has 1 fully saturated rings. The van der Waals surface area contributed by atoms with Crippen molar-refractivity contribution >= 4 is 11.8 Å². The maximum atomic E-state index is 12.4. The Bertz CT molecular complexity index is 330. The summed E-state index contributed by atoms with van der Waals surface area (Å²) in [5, 5.41) is 2.60. The Balaban J connectivity index is 2.53. The molecule has 0 aliphatic carbocycles. The van der Waals surface area contributed by atoms with E-state index >= 15 is 0 Å². The van der Waals surface area contributed by atoms with Gasteiger partial charge in [0.15, 0.2) is 0 Å². The summed E-state index contributed by atoms with van der Waals surface area (Å²) >= 11 is 0. The van der Waals surface area contributed by atoms with Gasteiger partial charge in [0.05, 0.1) is 13.2 Å². The van der Waals surface area contributed by atoms with E-state index in [1.807, 2.05) is 0 Å². The summed E-state index contributed by atoms with van der Waals surface area (Å²) in [6, 6.07) is -0.490. The Morgan fingerprint density at radius 2 is 2.14 bits per heavy atom. The molecule has 0 aromatic rings. The molecule has 0 spiro atoms. The van der Waals surface area contributed by atoms with Gasteiger partial charge in [0, 0.05) is 20.0 Å². The molecule has 1 rings (SSSR count). The van der Waals surface area contributed by atoms with Crippen LogP contribution in [-0.4, -0.2) is 56.1 Å². The third kappa shape index (κ3) is 5.63. The molecule has 21 heavy (non-hydrogen) atoms. The van der Waals surface area contributed by atoms with Crippen LogP contribution in [0.2, 0.25) is 0 Å². The lowest BCUT2D eigenvalue weighted by molar-refractivity contribution is -0.148. The largest absolute Gasteiger partial charge is 0.377 e. The predicted molar refractivity (Wildman–Crippen MR) is 81.7 cm³/mol. The minimum atomic E-state index is -0.490. The quantitative estimate of drug-likeness (QED) is 0.684. The van der Waals surface area contributed by atoms with Gasteiger partial charge in [-0.3, -0.25) is 9.59 Å². The van der Waals surface area contributed by atoms with Gasteiger partial charge < -0.3 is 20.7 Å². The third-order valence-corrected chi connectivity index (χ3v) is 4.04. The normalized spacial score (nSPS) is 20.1. The van der Waals surface area contributed by atoms with Crippen LogP contribution in [0.3, 0.4) is 0 Å². The molecule has 0 aromatic heterocycles. The summed E-state index contributed by atoms with van der Waals surface area (Å²) in [6.07, 6.45) is 4.51. The Labute approximate surface area is 127 Å². The lowest BCUT2D eigenvalue weighted by Crippen LogP contribution is -2.55. The number of amides is 2. The van der Waals surface area contributed by atoms with E-state index in [1.165, 1.54) is 0 Å². The van der Waals surface area contributed by atoms with Crippen LogP contribution < -0.4 is 11.1 Å². The zero-order valence-electron chi connectivity index (χ0n) is 13.3. The molecule has 0 bridgehead atoms. The van der Waals surface area contributed by atoms with Crippen LogP contribution in [0.15, 0.2) is 0 Å². The van der Waals surface area contributed by atoms with Crippen molar-refractivity contribution in [3.63, 3.8) is 0 Å². The van der Waals surface area contributed by atoms with Gasteiger partial charge in [0.25, 0.3) is 0 Å². The fourth-order valence-electron chi connectivity index (χ4n) is 2.83. The van der Waals surface area contributed by atoms with Crippen molar-refractivity contribution in [3.05, 3.63) is 0 Å². The number of morpholine rings is 1. The molecule has 3 N–H and O–H groups in total. The van der Waals surface area contributed by atoms with Crippen molar-refractivity contribution in [3.8, 4) is 0 Å².